The maximum absolute atomic E-state index is 12.7. The molecule has 4 rings (SSSR count). The molecule has 3 aliphatic heterocycles. The zero-order valence-corrected chi connectivity index (χ0v) is 15.0. The molecule has 4 heterocycles. The first-order valence-corrected chi connectivity index (χ1v) is 9.10. The van der Waals surface area contributed by atoms with Crippen molar-refractivity contribution in [2.75, 3.05) is 19.6 Å². The highest BCUT2D eigenvalue weighted by molar-refractivity contribution is 5.83. The molecule has 24 heavy (non-hydrogen) atoms. The van der Waals surface area contributed by atoms with E-state index in [-0.39, 0.29) is 23.8 Å². The van der Waals surface area contributed by atoms with Crippen molar-refractivity contribution in [1.82, 2.24) is 20.0 Å². The molecule has 0 saturated carbocycles. The Morgan fingerprint density at radius 1 is 1.29 bits per heavy atom. The molecule has 6 nitrogen and oxygen atoms in total. The van der Waals surface area contributed by atoms with E-state index in [1.807, 2.05) is 23.6 Å². The molecule has 0 unspecified atom stereocenters. The number of carbonyl (C=O) groups is 2. The fourth-order valence-corrected chi connectivity index (χ4v) is 3.94. The predicted molar refractivity (Wildman–Crippen MR) is 91.5 cm³/mol. The number of hydrogen-bond donors (Lipinski definition) is 1. The minimum atomic E-state index is -0.00591. The second kappa shape index (κ2) is 6.95. The van der Waals surface area contributed by atoms with Gasteiger partial charge in [-0.2, -0.15) is 5.10 Å². The summed E-state index contributed by atoms with van der Waals surface area (Å²) in [6.07, 6.45) is 4.05. The summed E-state index contributed by atoms with van der Waals surface area (Å²) in [7, 11) is 0. The molecule has 0 radical (unpaired) electrons. The first-order chi connectivity index (χ1) is 11.5. The molecule has 2 atom stereocenters. The van der Waals surface area contributed by atoms with Crippen LogP contribution in [0.4, 0.5) is 0 Å². The SMILES string of the molecule is CCCN1C(=O)[C@@H]2CC[C@H]1CN(C(=O)CCc1n[nH]c(C)c1C)C2. The second-order valence-electron chi connectivity index (χ2n) is 7.18. The summed E-state index contributed by atoms with van der Waals surface area (Å²) in [5.41, 5.74) is 3.18. The maximum atomic E-state index is 12.7. The number of carbonyl (C=O) groups excluding carboxylic acids is 2. The standard InChI is InChI=1S/C18H28N4O2/c1-4-9-22-15-6-5-14(18(22)24)10-21(11-15)17(23)8-7-16-12(2)13(3)19-20-16/h14-15H,4-11H2,1-3H3,(H,19,20)/t14-,15+/m1/s1. The van der Waals surface area contributed by atoms with Crippen LogP contribution in [0.1, 0.15) is 49.6 Å². The lowest BCUT2D eigenvalue weighted by molar-refractivity contribution is -0.139. The van der Waals surface area contributed by atoms with Crippen molar-refractivity contribution in [3.63, 3.8) is 0 Å². The highest BCUT2D eigenvalue weighted by Crippen LogP contribution is 2.29. The van der Waals surface area contributed by atoms with Crippen LogP contribution in [0.25, 0.3) is 0 Å². The van der Waals surface area contributed by atoms with E-state index in [1.165, 1.54) is 0 Å². The van der Waals surface area contributed by atoms with Gasteiger partial charge in [0, 0.05) is 44.2 Å². The Bertz CT molecular complexity index is 625. The summed E-state index contributed by atoms with van der Waals surface area (Å²) in [4.78, 5) is 29.2. The van der Waals surface area contributed by atoms with Crippen LogP contribution in [0.5, 0.6) is 0 Å². The maximum Gasteiger partial charge on any atom is 0.227 e. The molecular formula is C18H28N4O2. The Labute approximate surface area is 143 Å². The molecule has 3 fully saturated rings. The lowest BCUT2D eigenvalue weighted by Crippen LogP contribution is -2.48. The Hall–Kier alpha value is -1.85. The lowest BCUT2D eigenvalue weighted by Gasteiger charge is -2.35. The van der Waals surface area contributed by atoms with Gasteiger partial charge in [-0.3, -0.25) is 14.7 Å². The van der Waals surface area contributed by atoms with Crippen LogP contribution in [0.3, 0.4) is 0 Å². The molecule has 1 aromatic rings. The summed E-state index contributed by atoms with van der Waals surface area (Å²) < 4.78 is 0. The van der Waals surface area contributed by atoms with Crippen molar-refractivity contribution in [3.05, 3.63) is 17.0 Å². The zero-order valence-electron chi connectivity index (χ0n) is 15.0. The summed E-state index contributed by atoms with van der Waals surface area (Å²) in [6, 6.07) is 0.203. The van der Waals surface area contributed by atoms with Gasteiger partial charge in [0.15, 0.2) is 0 Å². The van der Waals surface area contributed by atoms with Gasteiger partial charge in [-0.1, -0.05) is 6.92 Å². The van der Waals surface area contributed by atoms with Crippen LogP contribution in [-0.4, -0.2) is 57.5 Å². The van der Waals surface area contributed by atoms with Crippen LogP contribution in [0.2, 0.25) is 0 Å². The van der Waals surface area contributed by atoms with Crippen molar-refractivity contribution in [1.29, 1.82) is 0 Å². The third-order valence-electron chi connectivity index (χ3n) is 5.54. The molecule has 6 heteroatoms. The lowest BCUT2D eigenvalue weighted by atomic mass is 9.94. The number of nitrogens with one attached hydrogen (secondary N) is 1. The van der Waals surface area contributed by atoms with E-state index in [0.717, 1.165) is 42.8 Å². The number of fused-ring (bicyclic) bond motifs is 4. The van der Waals surface area contributed by atoms with E-state index in [2.05, 4.69) is 17.1 Å². The van der Waals surface area contributed by atoms with Crippen LogP contribution in [-0.2, 0) is 16.0 Å². The van der Waals surface area contributed by atoms with E-state index in [9.17, 15) is 9.59 Å². The number of amides is 2. The van der Waals surface area contributed by atoms with Gasteiger partial charge in [0.05, 0.1) is 11.6 Å². The van der Waals surface area contributed by atoms with Crippen molar-refractivity contribution in [3.8, 4) is 0 Å². The van der Waals surface area contributed by atoms with Gasteiger partial charge < -0.3 is 9.80 Å². The molecule has 1 N–H and O–H groups in total. The average Bonchev–Trinajstić information content (AvgIpc) is 2.75. The molecule has 0 aromatic carbocycles. The number of H-pyrrole nitrogens is 1. The van der Waals surface area contributed by atoms with Gasteiger partial charge >= 0.3 is 0 Å². The van der Waals surface area contributed by atoms with Gasteiger partial charge in [0.2, 0.25) is 11.8 Å². The van der Waals surface area contributed by atoms with Gasteiger partial charge in [0.1, 0.15) is 0 Å². The van der Waals surface area contributed by atoms with Gasteiger partial charge in [-0.15, -0.1) is 0 Å². The number of aromatic nitrogens is 2. The van der Waals surface area contributed by atoms with Crippen molar-refractivity contribution >= 4 is 11.8 Å². The van der Waals surface area contributed by atoms with Crippen molar-refractivity contribution in [2.45, 2.75) is 58.9 Å². The number of nitrogens with zero attached hydrogens (tertiary/aromatic N) is 3. The molecular weight excluding hydrogens is 304 g/mol. The number of piperidine rings is 1. The molecule has 0 spiro atoms. The Balaban J connectivity index is 1.64. The minimum absolute atomic E-state index is 0.00591. The van der Waals surface area contributed by atoms with Gasteiger partial charge in [-0.25, -0.2) is 0 Å². The van der Waals surface area contributed by atoms with Gasteiger partial charge in [0.25, 0.3) is 0 Å². The topological polar surface area (TPSA) is 69.3 Å². The summed E-state index contributed by atoms with van der Waals surface area (Å²) in [5, 5.41) is 7.26. The summed E-state index contributed by atoms with van der Waals surface area (Å²) >= 11 is 0. The first kappa shape index (κ1) is 17.0. The van der Waals surface area contributed by atoms with Crippen LogP contribution in [0.15, 0.2) is 0 Å². The van der Waals surface area contributed by atoms with Crippen LogP contribution in [0, 0.1) is 19.8 Å². The average molecular weight is 332 g/mol. The van der Waals surface area contributed by atoms with Crippen molar-refractivity contribution in [2.24, 2.45) is 5.92 Å². The number of rotatable bonds is 5. The molecule has 132 valence electrons. The quantitative estimate of drug-likeness (QED) is 0.894. The Kier molecular flexibility index (Phi) is 4.92. The highest BCUT2D eigenvalue weighted by Gasteiger charge is 2.41. The van der Waals surface area contributed by atoms with Crippen molar-refractivity contribution < 1.29 is 9.59 Å². The van der Waals surface area contributed by atoms with Crippen LogP contribution < -0.4 is 0 Å². The van der Waals surface area contributed by atoms with E-state index < -0.39 is 0 Å². The minimum Gasteiger partial charge on any atom is -0.340 e. The molecule has 3 saturated heterocycles. The van der Waals surface area contributed by atoms with Gasteiger partial charge in [-0.05, 0) is 38.7 Å². The van der Waals surface area contributed by atoms with E-state index >= 15 is 0 Å². The van der Waals surface area contributed by atoms with E-state index in [4.69, 9.17) is 0 Å². The molecule has 2 amide bonds. The fourth-order valence-electron chi connectivity index (χ4n) is 3.94. The van der Waals surface area contributed by atoms with E-state index in [0.29, 0.717) is 25.9 Å². The molecule has 3 aliphatic rings. The predicted octanol–water partition coefficient (Wildman–Crippen LogP) is 1.82. The summed E-state index contributed by atoms with van der Waals surface area (Å²) in [5.74, 6) is 0.397. The Morgan fingerprint density at radius 3 is 2.75 bits per heavy atom. The number of hydrogen-bond acceptors (Lipinski definition) is 3. The number of aryl methyl sites for hydroxylation is 2. The smallest absolute Gasteiger partial charge is 0.227 e. The second-order valence-corrected chi connectivity index (χ2v) is 7.18. The Morgan fingerprint density at radius 2 is 2.08 bits per heavy atom. The highest BCUT2D eigenvalue weighted by atomic mass is 16.2. The number of aromatic amines is 1. The molecule has 0 aliphatic carbocycles. The summed E-state index contributed by atoms with van der Waals surface area (Å²) in [6.45, 7) is 8.23. The zero-order chi connectivity index (χ0) is 17.3. The first-order valence-electron chi connectivity index (χ1n) is 9.10. The normalized spacial score (nSPS) is 23.7. The largest absolute Gasteiger partial charge is 0.340 e. The van der Waals surface area contributed by atoms with Crippen LogP contribution >= 0.6 is 0 Å². The third kappa shape index (κ3) is 3.19. The monoisotopic (exact) mass is 332 g/mol. The fraction of sp³-hybridized carbons (Fsp3) is 0.722. The van der Waals surface area contributed by atoms with E-state index in [1.54, 1.807) is 0 Å². The molecule has 1 aromatic heterocycles. The third-order valence-corrected chi connectivity index (χ3v) is 5.54. The molecule has 2 bridgehead atoms.